The van der Waals surface area contributed by atoms with E-state index < -0.39 is 12.1 Å². The standard InChI is InChI=1S/C19H13Cl2FN2O3/c1-11(18-23-24-19(27-18)13-4-6-14(22)7-5-13)26-17(25)9-3-12-2-8-15(20)16(21)10-12/h2-11H,1H3/b9-3+/t11-/m1/s1. The monoisotopic (exact) mass is 406 g/mol. The van der Waals surface area contributed by atoms with Crippen molar-refractivity contribution in [3.05, 3.63) is 75.9 Å². The van der Waals surface area contributed by atoms with Gasteiger partial charge in [0, 0.05) is 11.6 Å². The van der Waals surface area contributed by atoms with Crippen LogP contribution in [0.15, 0.2) is 53.0 Å². The van der Waals surface area contributed by atoms with Crippen molar-refractivity contribution in [2.75, 3.05) is 0 Å². The maximum Gasteiger partial charge on any atom is 0.331 e. The van der Waals surface area contributed by atoms with Gasteiger partial charge in [-0.1, -0.05) is 29.3 Å². The van der Waals surface area contributed by atoms with Crippen molar-refractivity contribution in [1.82, 2.24) is 10.2 Å². The molecule has 0 saturated heterocycles. The third-order valence-electron chi connectivity index (χ3n) is 3.53. The molecule has 3 rings (SSSR count). The Kier molecular flexibility index (Phi) is 5.88. The molecule has 8 heteroatoms. The van der Waals surface area contributed by atoms with Crippen LogP contribution < -0.4 is 0 Å². The van der Waals surface area contributed by atoms with Crippen LogP contribution >= 0.6 is 23.2 Å². The fraction of sp³-hybridized carbons (Fsp3) is 0.105. The van der Waals surface area contributed by atoms with Gasteiger partial charge in [0.05, 0.1) is 10.0 Å². The van der Waals surface area contributed by atoms with Crippen LogP contribution in [0.5, 0.6) is 0 Å². The van der Waals surface area contributed by atoms with Crippen LogP contribution in [0.1, 0.15) is 24.5 Å². The quantitative estimate of drug-likeness (QED) is 0.413. The molecule has 0 bridgehead atoms. The molecule has 1 aromatic heterocycles. The maximum atomic E-state index is 13.0. The molecule has 1 atom stereocenters. The Bertz CT molecular complexity index is 987. The van der Waals surface area contributed by atoms with Gasteiger partial charge in [0.25, 0.3) is 5.89 Å². The highest BCUT2D eigenvalue weighted by atomic mass is 35.5. The SMILES string of the molecule is C[C@@H](OC(=O)/C=C/c1ccc(Cl)c(Cl)c1)c1nnc(-c2ccc(F)cc2)o1. The first-order chi connectivity index (χ1) is 12.9. The number of esters is 1. The number of aromatic nitrogens is 2. The number of hydrogen-bond donors (Lipinski definition) is 0. The summed E-state index contributed by atoms with van der Waals surface area (Å²) in [4.78, 5) is 12.0. The Balaban J connectivity index is 1.63. The van der Waals surface area contributed by atoms with E-state index in [9.17, 15) is 9.18 Å². The first-order valence-electron chi connectivity index (χ1n) is 7.85. The maximum absolute atomic E-state index is 13.0. The summed E-state index contributed by atoms with van der Waals surface area (Å²) in [5.74, 6) is -0.616. The molecule has 0 aliphatic carbocycles. The molecule has 0 saturated carbocycles. The van der Waals surface area contributed by atoms with Crippen LogP contribution in [0.25, 0.3) is 17.5 Å². The van der Waals surface area contributed by atoms with Crippen molar-refractivity contribution < 1.29 is 18.3 Å². The Labute approximate surface area is 164 Å². The van der Waals surface area contributed by atoms with E-state index in [0.29, 0.717) is 21.2 Å². The molecule has 27 heavy (non-hydrogen) atoms. The lowest BCUT2D eigenvalue weighted by Gasteiger charge is -2.06. The minimum absolute atomic E-state index is 0.130. The van der Waals surface area contributed by atoms with Gasteiger partial charge in [0.15, 0.2) is 6.10 Å². The molecule has 0 fully saturated rings. The number of hydrogen-bond acceptors (Lipinski definition) is 5. The predicted molar refractivity (Wildman–Crippen MR) is 99.7 cm³/mol. The summed E-state index contributed by atoms with van der Waals surface area (Å²) in [6.07, 6.45) is 2.06. The Hall–Kier alpha value is -2.70. The van der Waals surface area contributed by atoms with Gasteiger partial charge in [-0.3, -0.25) is 0 Å². The van der Waals surface area contributed by atoms with Gasteiger partial charge in [-0.2, -0.15) is 0 Å². The molecule has 0 aliphatic rings. The molecule has 0 amide bonds. The van der Waals surface area contributed by atoms with Gasteiger partial charge >= 0.3 is 5.97 Å². The van der Waals surface area contributed by atoms with Crippen LogP contribution in [0, 0.1) is 5.82 Å². The fourth-order valence-corrected chi connectivity index (χ4v) is 2.46. The van der Waals surface area contributed by atoms with Crippen molar-refractivity contribution in [3.63, 3.8) is 0 Å². The van der Waals surface area contributed by atoms with E-state index in [2.05, 4.69) is 10.2 Å². The topological polar surface area (TPSA) is 65.2 Å². The average Bonchev–Trinajstić information content (AvgIpc) is 3.13. The number of halogens is 3. The minimum atomic E-state index is -0.752. The summed E-state index contributed by atoms with van der Waals surface area (Å²) >= 11 is 11.8. The molecule has 2 aromatic carbocycles. The van der Waals surface area contributed by atoms with Gasteiger partial charge in [-0.05, 0) is 55.0 Å². The predicted octanol–water partition coefficient (Wildman–Crippen LogP) is 5.50. The average molecular weight is 407 g/mol. The minimum Gasteiger partial charge on any atom is -0.449 e. The number of benzene rings is 2. The molecule has 3 aromatic rings. The van der Waals surface area contributed by atoms with E-state index in [1.807, 2.05) is 0 Å². The van der Waals surface area contributed by atoms with Gasteiger partial charge in [0.2, 0.25) is 5.89 Å². The smallest absolute Gasteiger partial charge is 0.331 e. The highest BCUT2D eigenvalue weighted by molar-refractivity contribution is 6.42. The summed E-state index contributed by atoms with van der Waals surface area (Å²) in [6.45, 7) is 1.60. The number of rotatable bonds is 5. The molecule has 0 N–H and O–H groups in total. The second kappa shape index (κ2) is 8.33. The normalized spacial score (nSPS) is 12.3. The highest BCUT2D eigenvalue weighted by Gasteiger charge is 2.18. The Morgan fingerprint density at radius 3 is 2.59 bits per heavy atom. The Morgan fingerprint density at radius 1 is 1.15 bits per heavy atom. The lowest BCUT2D eigenvalue weighted by Crippen LogP contribution is -2.06. The van der Waals surface area contributed by atoms with Crippen LogP contribution in [-0.4, -0.2) is 16.2 Å². The van der Waals surface area contributed by atoms with Crippen molar-refractivity contribution in [3.8, 4) is 11.5 Å². The third-order valence-corrected chi connectivity index (χ3v) is 4.27. The zero-order valence-electron chi connectivity index (χ0n) is 14.0. The lowest BCUT2D eigenvalue weighted by atomic mass is 10.2. The van der Waals surface area contributed by atoms with Gasteiger partial charge in [-0.15, -0.1) is 10.2 Å². The van der Waals surface area contributed by atoms with Gasteiger partial charge in [0.1, 0.15) is 5.82 Å². The largest absolute Gasteiger partial charge is 0.449 e. The molecule has 0 radical (unpaired) electrons. The zero-order chi connectivity index (χ0) is 19.4. The first-order valence-corrected chi connectivity index (χ1v) is 8.61. The molecular formula is C19H13Cl2FN2O3. The summed E-state index contributed by atoms with van der Waals surface area (Å²) in [6, 6.07) is 10.6. The summed E-state index contributed by atoms with van der Waals surface area (Å²) in [5.41, 5.74) is 1.26. The summed E-state index contributed by atoms with van der Waals surface area (Å²) < 4.78 is 23.7. The van der Waals surface area contributed by atoms with Crippen LogP contribution in [0.3, 0.4) is 0 Å². The summed E-state index contributed by atoms with van der Waals surface area (Å²) in [7, 11) is 0. The van der Waals surface area contributed by atoms with Crippen molar-refractivity contribution in [2.24, 2.45) is 0 Å². The summed E-state index contributed by atoms with van der Waals surface area (Å²) in [5, 5.41) is 8.56. The van der Waals surface area contributed by atoms with E-state index in [1.54, 1.807) is 31.2 Å². The van der Waals surface area contributed by atoms with E-state index in [0.717, 1.165) is 0 Å². The zero-order valence-corrected chi connectivity index (χ0v) is 15.5. The molecule has 5 nitrogen and oxygen atoms in total. The van der Waals surface area contributed by atoms with Gasteiger partial charge in [-0.25, -0.2) is 9.18 Å². The second-order valence-corrected chi connectivity index (χ2v) is 6.35. The van der Waals surface area contributed by atoms with Crippen molar-refractivity contribution in [2.45, 2.75) is 13.0 Å². The third kappa shape index (κ3) is 4.93. The van der Waals surface area contributed by atoms with E-state index in [-0.39, 0.29) is 17.6 Å². The van der Waals surface area contributed by atoms with Crippen LogP contribution in [0.4, 0.5) is 4.39 Å². The Morgan fingerprint density at radius 2 is 1.89 bits per heavy atom. The lowest BCUT2D eigenvalue weighted by molar-refractivity contribution is -0.143. The van der Waals surface area contributed by atoms with Crippen molar-refractivity contribution in [1.29, 1.82) is 0 Å². The van der Waals surface area contributed by atoms with Crippen LogP contribution in [-0.2, 0) is 9.53 Å². The molecule has 0 unspecified atom stereocenters. The number of nitrogens with zero attached hydrogens (tertiary/aromatic N) is 2. The van der Waals surface area contributed by atoms with Crippen molar-refractivity contribution >= 4 is 35.2 Å². The fourth-order valence-electron chi connectivity index (χ4n) is 2.15. The van der Waals surface area contributed by atoms with E-state index in [4.69, 9.17) is 32.4 Å². The molecule has 1 heterocycles. The number of carbonyl (C=O) groups excluding carboxylic acids is 1. The highest BCUT2D eigenvalue weighted by Crippen LogP contribution is 2.24. The number of carbonyl (C=O) groups is 1. The second-order valence-electron chi connectivity index (χ2n) is 5.54. The van der Waals surface area contributed by atoms with Crippen LogP contribution in [0.2, 0.25) is 10.0 Å². The molecular weight excluding hydrogens is 394 g/mol. The molecule has 0 aliphatic heterocycles. The first kappa shape index (κ1) is 19.1. The molecule has 0 spiro atoms. The van der Waals surface area contributed by atoms with Gasteiger partial charge < -0.3 is 9.15 Å². The van der Waals surface area contributed by atoms with E-state index >= 15 is 0 Å². The number of ether oxygens (including phenoxy) is 1. The van der Waals surface area contributed by atoms with E-state index in [1.165, 1.54) is 30.3 Å². The molecule has 138 valence electrons.